The van der Waals surface area contributed by atoms with Crippen molar-refractivity contribution >= 4 is 11.8 Å². The van der Waals surface area contributed by atoms with Gasteiger partial charge in [0.05, 0.1) is 6.61 Å². The van der Waals surface area contributed by atoms with E-state index in [0.717, 1.165) is 5.75 Å². The summed E-state index contributed by atoms with van der Waals surface area (Å²) < 4.78 is 5.51. The van der Waals surface area contributed by atoms with E-state index in [1.165, 1.54) is 12.1 Å². The minimum atomic E-state index is -0.290. The normalized spacial score (nSPS) is 10.1. The van der Waals surface area contributed by atoms with Gasteiger partial charge >= 0.3 is 0 Å². The van der Waals surface area contributed by atoms with Crippen molar-refractivity contribution in [2.24, 2.45) is 0 Å². The molecule has 132 valence electrons. The number of benzene rings is 2. The maximum atomic E-state index is 11.8. The zero-order valence-electron chi connectivity index (χ0n) is 13.9. The maximum absolute atomic E-state index is 11.8. The molecule has 2 aromatic rings. The van der Waals surface area contributed by atoms with Gasteiger partial charge in [0.2, 0.25) is 5.91 Å². The number of phenols is 1. The van der Waals surface area contributed by atoms with Gasteiger partial charge in [0, 0.05) is 25.1 Å². The third-order valence-electron chi connectivity index (χ3n) is 3.40. The Kier molecular flexibility index (Phi) is 7.31. The third-order valence-corrected chi connectivity index (χ3v) is 3.40. The summed E-state index contributed by atoms with van der Waals surface area (Å²) in [5, 5.41) is 14.8. The van der Waals surface area contributed by atoms with E-state index in [1.807, 2.05) is 30.3 Å². The van der Waals surface area contributed by atoms with Crippen LogP contribution in [-0.2, 0) is 4.79 Å². The van der Waals surface area contributed by atoms with Crippen molar-refractivity contribution in [1.29, 1.82) is 0 Å². The Labute approximate surface area is 146 Å². The summed E-state index contributed by atoms with van der Waals surface area (Å²) in [6.07, 6.45) is 0.990. The van der Waals surface area contributed by atoms with Crippen LogP contribution in [0.5, 0.6) is 11.5 Å². The molecule has 0 radical (unpaired) electrons. The van der Waals surface area contributed by atoms with Crippen LogP contribution < -0.4 is 15.4 Å². The lowest BCUT2D eigenvalue weighted by Crippen LogP contribution is -2.34. The average Bonchev–Trinajstić information content (AvgIpc) is 2.63. The minimum absolute atomic E-state index is 0.0404. The Morgan fingerprint density at radius 3 is 2.48 bits per heavy atom. The molecule has 2 rings (SSSR count). The molecular formula is C19H22N2O4. The first-order valence-corrected chi connectivity index (χ1v) is 8.17. The molecule has 2 amide bonds. The van der Waals surface area contributed by atoms with Crippen LogP contribution in [0.25, 0.3) is 0 Å². The number of aromatic hydroxyl groups is 1. The highest BCUT2D eigenvalue weighted by molar-refractivity contribution is 5.94. The molecule has 0 aliphatic heterocycles. The predicted molar refractivity (Wildman–Crippen MR) is 94.6 cm³/mol. The molecule has 2 aromatic carbocycles. The highest BCUT2D eigenvalue weighted by Crippen LogP contribution is 2.10. The van der Waals surface area contributed by atoms with Gasteiger partial charge in [-0.2, -0.15) is 0 Å². The number of rotatable bonds is 9. The molecule has 0 saturated carbocycles. The topological polar surface area (TPSA) is 87.7 Å². The summed E-state index contributed by atoms with van der Waals surface area (Å²) in [5.41, 5.74) is 0.379. The monoisotopic (exact) mass is 342 g/mol. The Balaban J connectivity index is 1.54. The summed E-state index contributed by atoms with van der Waals surface area (Å²) in [5.74, 6) is 0.459. The maximum Gasteiger partial charge on any atom is 0.251 e. The van der Waals surface area contributed by atoms with Crippen molar-refractivity contribution in [3.63, 3.8) is 0 Å². The van der Waals surface area contributed by atoms with E-state index in [1.54, 1.807) is 12.1 Å². The van der Waals surface area contributed by atoms with Gasteiger partial charge in [-0.15, -0.1) is 0 Å². The van der Waals surface area contributed by atoms with Crippen molar-refractivity contribution < 1.29 is 19.4 Å². The van der Waals surface area contributed by atoms with E-state index in [4.69, 9.17) is 4.74 Å². The quantitative estimate of drug-likeness (QED) is 0.609. The van der Waals surface area contributed by atoms with Crippen LogP contribution in [0.3, 0.4) is 0 Å². The second-order valence-electron chi connectivity index (χ2n) is 5.42. The van der Waals surface area contributed by atoms with E-state index in [-0.39, 0.29) is 17.6 Å². The Morgan fingerprint density at radius 1 is 0.960 bits per heavy atom. The highest BCUT2D eigenvalue weighted by atomic mass is 16.5. The molecule has 0 spiro atoms. The van der Waals surface area contributed by atoms with Gasteiger partial charge in [-0.1, -0.05) is 24.3 Å². The fourth-order valence-electron chi connectivity index (χ4n) is 2.16. The first-order chi connectivity index (χ1) is 12.1. The van der Waals surface area contributed by atoms with Crippen molar-refractivity contribution in [3.8, 4) is 11.5 Å². The lowest BCUT2D eigenvalue weighted by atomic mass is 10.2. The van der Waals surface area contributed by atoms with Crippen LogP contribution >= 0.6 is 0 Å². The average molecular weight is 342 g/mol. The number of hydrogen-bond acceptors (Lipinski definition) is 4. The number of carbonyl (C=O) groups excluding carboxylic acids is 2. The predicted octanol–water partition coefficient (Wildman–Crippen LogP) is 2.10. The molecule has 0 aliphatic carbocycles. The van der Waals surface area contributed by atoms with Gasteiger partial charge in [0.1, 0.15) is 11.5 Å². The van der Waals surface area contributed by atoms with Crippen molar-refractivity contribution in [2.45, 2.75) is 12.8 Å². The van der Waals surface area contributed by atoms with Gasteiger partial charge < -0.3 is 20.5 Å². The van der Waals surface area contributed by atoms with Crippen LogP contribution in [-0.4, -0.2) is 36.6 Å². The van der Waals surface area contributed by atoms with Gasteiger partial charge in [-0.05, 0) is 36.8 Å². The number of carbonyl (C=O) groups is 2. The largest absolute Gasteiger partial charge is 0.508 e. The van der Waals surface area contributed by atoms with E-state index in [2.05, 4.69) is 10.6 Å². The van der Waals surface area contributed by atoms with E-state index in [9.17, 15) is 14.7 Å². The number of ether oxygens (including phenoxy) is 1. The standard InChI is InChI=1S/C19H22N2O4/c22-16-7-4-6-15(14-16)19(24)21-12-11-20-18(23)10-5-13-25-17-8-2-1-3-9-17/h1-4,6-9,14,22H,5,10-13H2,(H,20,23)(H,21,24). The van der Waals surface area contributed by atoms with Gasteiger partial charge in [0.15, 0.2) is 0 Å². The Bertz CT molecular complexity index is 689. The summed E-state index contributed by atoms with van der Waals surface area (Å²) in [6.45, 7) is 1.15. The molecule has 0 fully saturated rings. The zero-order chi connectivity index (χ0) is 17.9. The molecule has 3 N–H and O–H groups in total. The van der Waals surface area contributed by atoms with Crippen LogP contribution in [0.2, 0.25) is 0 Å². The number of para-hydroxylation sites is 1. The lowest BCUT2D eigenvalue weighted by molar-refractivity contribution is -0.121. The van der Waals surface area contributed by atoms with E-state index >= 15 is 0 Å². The lowest BCUT2D eigenvalue weighted by Gasteiger charge is -2.08. The molecule has 6 nitrogen and oxygen atoms in total. The first kappa shape index (κ1) is 18.3. The number of amides is 2. The van der Waals surface area contributed by atoms with Crippen LogP contribution in [0.15, 0.2) is 54.6 Å². The van der Waals surface area contributed by atoms with Crippen molar-refractivity contribution in [1.82, 2.24) is 10.6 Å². The highest BCUT2D eigenvalue weighted by Gasteiger charge is 2.06. The van der Waals surface area contributed by atoms with Crippen molar-refractivity contribution in [2.75, 3.05) is 19.7 Å². The van der Waals surface area contributed by atoms with Gasteiger partial charge in [-0.25, -0.2) is 0 Å². The summed E-state index contributed by atoms with van der Waals surface area (Å²) in [7, 11) is 0. The second-order valence-corrected chi connectivity index (χ2v) is 5.42. The Hall–Kier alpha value is -3.02. The van der Waals surface area contributed by atoms with Gasteiger partial charge in [0.25, 0.3) is 5.91 Å². The first-order valence-electron chi connectivity index (χ1n) is 8.17. The van der Waals surface area contributed by atoms with Crippen LogP contribution in [0.4, 0.5) is 0 Å². The van der Waals surface area contributed by atoms with E-state index in [0.29, 0.717) is 38.1 Å². The summed E-state index contributed by atoms with van der Waals surface area (Å²) >= 11 is 0. The fraction of sp³-hybridized carbons (Fsp3) is 0.263. The molecule has 0 heterocycles. The van der Waals surface area contributed by atoms with Crippen LogP contribution in [0.1, 0.15) is 23.2 Å². The molecular weight excluding hydrogens is 320 g/mol. The van der Waals surface area contributed by atoms with Gasteiger partial charge in [-0.3, -0.25) is 9.59 Å². The smallest absolute Gasteiger partial charge is 0.251 e. The second kappa shape index (κ2) is 9.97. The zero-order valence-corrected chi connectivity index (χ0v) is 13.9. The van der Waals surface area contributed by atoms with Crippen molar-refractivity contribution in [3.05, 3.63) is 60.2 Å². The molecule has 0 atom stereocenters. The number of hydrogen-bond donors (Lipinski definition) is 3. The molecule has 0 unspecified atom stereocenters. The molecule has 25 heavy (non-hydrogen) atoms. The molecule has 0 aromatic heterocycles. The number of phenolic OH excluding ortho intramolecular Hbond substituents is 1. The Morgan fingerprint density at radius 2 is 1.72 bits per heavy atom. The fourth-order valence-corrected chi connectivity index (χ4v) is 2.16. The summed E-state index contributed by atoms with van der Waals surface area (Å²) in [6, 6.07) is 15.5. The summed E-state index contributed by atoms with van der Waals surface area (Å²) in [4.78, 5) is 23.5. The number of nitrogens with one attached hydrogen (secondary N) is 2. The molecule has 6 heteroatoms. The van der Waals surface area contributed by atoms with E-state index < -0.39 is 0 Å². The third kappa shape index (κ3) is 6.95. The minimum Gasteiger partial charge on any atom is -0.508 e. The molecule has 0 bridgehead atoms. The van der Waals surface area contributed by atoms with Crippen LogP contribution in [0, 0.1) is 0 Å². The SMILES string of the molecule is O=C(CCCOc1ccccc1)NCCNC(=O)c1cccc(O)c1. The molecule has 0 aliphatic rings. The molecule has 0 saturated heterocycles.